The third kappa shape index (κ3) is 2.80. The molecule has 2 saturated carbocycles. The first-order valence-electron chi connectivity index (χ1n) is 11.3. The van der Waals surface area contributed by atoms with Gasteiger partial charge in [0.2, 0.25) is 11.8 Å². The van der Waals surface area contributed by atoms with Gasteiger partial charge in [0.25, 0.3) is 0 Å². The Balaban J connectivity index is 1.21. The van der Waals surface area contributed by atoms with Crippen molar-refractivity contribution in [2.45, 2.75) is 32.6 Å². The minimum Gasteiger partial charge on any atom is -0.457 e. The van der Waals surface area contributed by atoms with Crippen LogP contribution in [0, 0.1) is 35.5 Å². The van der Waals surface area contributed by atoms with Crippen molar-refractivity contribution >= 4 is 17.5 Å². The molecule has 4 heteroatoms. The zero-order valence-corrected chi connectivity index (χ0v) is 18.1. The molecular weight excluding hydrogens is 386 g/mol. The maximum absolute atomic E-state index is 13.2. The van der Waals surface area contributed by atoms with Gasteiger partial charge in [0.05, 0.1) is 17.5 Å². The summed E-state index contributed by atoms with van der Waals surface area (Å²) in [5.74, 6) is 2.82. The summed E-state index contributed by atoms with van der Waals surface area (Å²) in [6, 6.07) is 15.4. The number of nitrogens with zero attached hydrogens (tertiary/aromatic N) is 1. The van der Waals surface area contributed by atoms with Gasteiger partial charge in [0.15, 0.2) is 0 Å². The Morgan fingerprint density at radius 1 is 0.774 bits per heavy atom. The molecule has 0 spiro atoms. The van der Waals surface area contributed by atoms with Crippen molar-refractivity contribution in [3.05, 3.63) is 66.2 Å². The molecule has 7 rings (SSSR count). The number of carbonyl (C=O) groups is 2. The first-order valence-corrected chi connectivity index (χ1v) is 11.3. The maximum atomic E-state index is 13.2. The average molecular weight is 414 g/mol. The van der Waals surface area contributed by atoms with Crippen LogP contribution in [0.4, 0.5) is 5.69 Å². The van der Waals surface area contributed by atoms with E-state index in [0.29, 0.717) is 23.3 Å². The van der Waals surface area contributed by atoms with Gasteiger partial charge < -0.3 is 4.74 Å². The molecule has 1 aliphatic heterocycles. The predicted octanol–water partition coefficient (Wildman–Crippen LogP) is 5.33. The van der Waals surface area contributed by atoms with E-state index in [4.69, 9.17) is 4.74 Å². The van der Waals surface area contributed by atoms with Crippen LogP contribution in [0.3, 0.4) is 0 Å². The topological polar surface area (TPSA) is 46.6 Å². The van der Waals surface area contributed by atoms with Crippen LogP contribution >= 0.6 is 0 Å². The second kappa shape index (κ2) is 6.32. The highest BCUT2D eigenvalue weighted by Crippen LogP contribution is 2.65. The molecule has 3 fully saturated rings. The molecule has 0 N–H and O–H groups in total. The minimum atomic E-state index is -0.163. The van der Waals surface area contributed by atoms with Gasteiger partial charge in [-0.25, -0.2) is 0 Å². The van der Waals surface area contributed by atoms with Gasteiger partial charge in [-0.2, -0.15) is 0 Å². The van der Waals surface area contributed by atoms with Crippen LogP contribution in [0.2, 0.25) is 0 Å². The van der Waals surface area contributed by atoms with E-state index in [2.05, 4.69) is 45.1 Å². The summed E-state index contributed by atoms with van der Waals surface area (Å²) in [5.41, 5.74) is 2.00. The number of hydrogen-bond acceptors (Lipinski definition) is 3. The van der Waals surface area contributed by atoms with E-state index in [9.17, 15) is 9.59 Å². The Morgan fingerprint density at radius 2 is 1.26 bits per heavy atom. The number of anilines is 1. The van der Waals surface area contributed by atoms with E-state index >= 15 is 0 Å². The molecule has 4 nitrogen and oxygen atoms in total. The number of hydrogen-bond donors (Lipinski definition) is 0. The third-order valence-electron chi connectivity index (χ3n) is 7.71. The van der Waals surface area contributed by atoms with Crippen molar-refractivity contribution in [3.63, 3.8) is 0 Å². The van der Waals surface area contributed by atoms with E-state index in [1.807, 2.05) is 36.4 Å². The summed E-state index contributed by atoms with van der Waals surface area (Å²) in [6.45, 7) is 6.55. The molecule has 0 radical (unpaired) electrons. The smallest absolute Gasteiger partial charge is 0.238 e. The number of imide groups is 1. The minimum absolute atomic E-state index is 0.0221. The molecule has 2 bridgehead atoms. The Labute approximate surface area is 182 Å². The number of amides is 2. The lowest BCUT2D eigenvalue weighted by Gasteiger charge is -2.37. The highest BCUT2D eigenvalue weighted by molar-refractivity contribution is 6.22. The van der Waals surface area contributed by atoms with Crippen LogP contribution in [0.25, 0.3) is 0 Å². The fourth-order valence-corrected chi connectivity index (χ4v) is 6.03. The van der Waals surface area contributed by atoms with Crippen LogP contribution in [0.1, 0.15) is 32.8 Å². The molecule has 0 aromatic heterocycles. The monoisotopic (exact) mass is 413 g/mol. The Morgan fingerprint density at radius 3 is 1.74 bits per heavy atom. The van der Waals surface area contributed by atoms with Crippen molar-refractivity contribution in [1.29, 1.82) is 0 Å². The first kappa shape index (κ1) is 18.9. The second-order valence-corrected chi connectivity index (χ2v) is 10.5. The number of benzene rings is 2. The van der Waals surface area contributed by atoms with Crippen LogP contribution < -0.4 is 9.64 Å². The fraction of sp³-hybridized carbons (Fsp3) is 0.407. The molecule has 1 saturated heterocycles. The summed E-state index contributed by atoms with van der Waals surface area (Å²) in [7, 11) is 0. The number of rotatable bonds is 3. The number of ether oxygens (including phenoxy) is 1. The van der Waals surface area contributed by atoms with Crippen molar-refractivity contribution in [1.82, 2.24) is 0 Å². The third-order valence-corrected chi connectivity index (χ3v) is 7.71. The normalized spacial score (nSPS) is 32.8. The van der Waals surface area contributed by atoms with Gasteiger partial charge in [-0.15, -0.1) is 0 Å². The molecule has 0 unspecified atom stereocenters. The lowest BCUT2D eigenvalue weighted by molar-refractivity contribution is -0.124. The van der Waals surface area contributed by atoms with Crippen LogP contribution in [-0.2, 0) is 15.0 Å². The van der Waals surface area contributed by atoms with Crippen molar-refractivity contribution in [2.24, 2.45) is 35.5 Å². The Kier molecular flexibility index (Phi) is 3.84. The zero-order chi connectivity index (χ0) is 21.5. The van der Waals surface area contributed by atoms with Crippen molar-refractivity contribution in [3.8, 4) is 11.5 Å². The Bertz CT molecular complexity index is 1060. The van der Waals surface area contributed by atoms with Gasteiger partial charge in [-0.3, -0.25) is 14.5 Å². The van der Waals surface area contributed by atoms with Gasteiger partial charge in [0, 0.05) is 0 Å². The lowest BCUT2D eigenvalue weighted by Crippen LogP contribution is -2.40. The summed E-state index contributed by atoms with van der Waals surface area (Å²) in [4.78, 5) is 27.9. The zero-order valence-electron chi connectivity index (χ0n) is 18.1. The maximum Gasteiger partial charge on any atom is 0.238 e. The van der Waals surface area contributed by atoms with E-state index in [1.165, 1.54) is 16.9 Å². The molecule has 2 amide bonds. The molecule has 6 atom stereocenters. The molecule has 2 aromatic rings. The van der Waals surface area contributed by atoms with Crippen LogP contribution in [-0.4, -0.2) is 11.8 Å². The second-order valence-electron chi connectivity index (χ2n) is 10.5. The van der Waals surface area contributed by atoms with Crippen LogP contribution in [0.5, 0.6) is 11.5 Å². The van der Waals surface area contributed by atoms with Crippen molar-refractivity contribution < 1.29 is 14.3 Å². The summed E-state index contributed by atoms with van der Waals surface area (Å²) >= 11 is 0. The Hall–Kier alpha value is -2.88. The van der Waals surface area contributed by atoms with Crippen LogP contribution in [0.15, 0.2) is 60.7 Å². The van der Waals surface area contributed by atoms with Gasteiger partial charge in [-0.1, -0.05) is 45.1 Å². The molecular formula is C27H27NO3. The lowest BCUT2D eigenvalue weighted by atomic mass is 9.63. The molecule has 4 aliphatic carbocycles. The quantitative estimate of drug-likeness (QED) is 0.504. The standard InChI is InChI=1S/C27H27NO3/c1-27(2,3)15-4-8-17(9-5-15)31-18-10-6-16(7-11-18)28-25(29)23-19-12-13-20(22-14-21(19)22)24(23)26(28)30/h4-13,19-24H,14H2,1-3H3/t19-,20-,21-,22-,23+,24+/m1/s1. The molecule has 1 heterocycles. The summed E-state index contributed by atoms with van der Waals surface area (Å²) in [6.07, 6.45) is 5.59. The highest BCUT2D eigenvalue weighted by Gasteiger charge is 2.67. The first-order chi connectivity index (χ1) is 14.8. The summed E-state index contributed by atoms with van der Waals surface area (Å²) < 4.78 is 5.98. The summed E-state index contributed by atoms with van der Waals surface area (Å²) in [5, 5.41) is 0. The highest BCUT2D eigenvalue weighted by atomic mass is 16.5. The predicted molar refractivity (Wildman–Crippen MR) is 119 cm³/mol. The van der Waals surface area contributed by atoms with E-state index in [0.717, 1.165) is 5.75 Å². The fourth-order valence-electron chi connectivity index (χ4n) is 6.03. The SMILES string of the molecule is CC(C)(C)c1ccc(Oc2ccc(N3C(=O)[C@H]4[C@@H]5C=C[C@H]([C@H]6C[C@H]56)[C@@H]4C3=O)cc2)cc1. The number of carbonyl (C=O) groups excluding carboxylic acids is 2. The number of allylic oxidation sites excluding steroid dienone is 2. The largest absolute Gasteiger partial charge is 0.457 e. The van der Waals surface area contributed by atoms with Gasteiger partial charge >= 0.3 is 0 Å². The van der Waals surface area contributed by atoms with E-state index < -0.39 is 0 Å². The molecule has 2 aromatic carbocycles. The van der Waals surface area contributed by atoms with Gasteiger partial charge in [-0.05, 0) is 77.5 Å². The van der Waals surface area contributed by atoms with E-state index in [-0.39, 0.29) is 40.9 Å². The van der Waals surface area contributed by atoms with Gasteiger partial charge in [0.1, 0.15) is 11.5 Å². The molecule has 31 heavy (non-hydrogen) atoms. The van der Waals surface area contributed by atoms with Crippen molar-refractivity contribution in [2.75, 3.05) is 4.90 Å². The van der Waals surface area contributed by atoms with E-state index in [1.54, 1.807) is 0 Å². The average Bonchev–Trinajstić information content (AvgIpc) is 3.52. The molecule has 5 aliphatic rings. The molecule has 158 valence electrons.